The van der Waals surface area contributed by atoms with Crippen LogP contribution in [0.4, 0.5) is 28.4 Å². The second-order valence-electron chi connectivity index (χ2n) is 16.0. The van der Waals surface area contributed by atoms with E-state index in [1.807, 2.05) is 0 Å². The largest absolute Gasteiger partial charge is 1.00 e. The van der Waals surface area contributed by atoms with E-state index in [0.29, 0.717) is 55.8 Å². The average molecular weight is 1310 g/mol. The smallest absolute Gasteiger partial charge is 0.746 e. The third kappa shape index (κ3) is 25.8. The van der Waals surface area contributed by atoms with E-state index in [-0.39, 0.29) is 188 Å². The van der Waals surface area contributed by atoms with Gasteiger partial charge in [-0.2, -0.15) is 0 Å². The Kier molecular flexibility index (Phi) is 35.9. The molecule has 0 aliphatic rings. The van der Waals surface area contributed by atoms with Crippen LogP contribution in [0.15, 0.2) is 155 Å². The molecule has 86 heavy (non-hydrogen) atoms. The van der Waals surface area contributed by atoms with Crippen molar-refractivity contribution in [3.8, 4) is 0 Å². The van der Waals surface area contributed by atoms with Crippen LogP contribution in [-0.2, 0) is 63.3 Å². The molecule has 5 N–H and O–H groups in total. The summed E-state index contributed by atoms with van der Waals surface area (Å²) in [5.74, 6) is -2.21. The van der Waals surface area contributed by atoms with Crippen molar-refractivity contribution in [1.29, 1.82) is 0 Å². The number of aryl methyl sites for hydroxylation is 1. The number of anilines is 5. The van der Waals surface area contributed by atoms with Gasteiger partial charge in [-0.3, -0.25) is 30.0 Å². The van der Waals surface area contributed by atoms with E-state index in [1.165, 1.54) is 84.9 Å². The van der Waals surface area contributed by atoms with Gasteiger partial charge in [-0.05, 0) is 114 Å². The zero-order valence-electron chi connectivity index (χ0n) is 45.8. The van der Waals surface area contributed by atoms with E-state index in [2.05, 4.69) is 44.8 Å². The van der Waals surface area contributed by atoms with Gasteiger partial charge in [0.25, 0.3) is 23.6 Å². The average Bonchev–Trinajstić information content (AvgIpc) is 1.54. The summed E-state index contributed by atoms with van der Waals surface area (Å²) in [6, 6.07) is 43.9. The fraction of sp³-hybridized carbons (Fsp3) is 0.0392. The van der Waals surface area contributed by atoms with Gasteiger partial charge in [0.15, 0.2) is 0 Å². The molecule has 8 rings (SSSR count). The molecule has 0 saturated heterocycles. The first-order chi connectivity index (χ1) is 38.1. The minimum Gasteiger partial charge on any atom is -0.746 e. The number of carbonyl (C=O) groups excluding carboxylic acids is 5. The number of benzene rings is 8. The Morgan fingerprint density at radius 3 is 1.29 bits per heavy atom. The van der Waals surface area contributed by atoms with Gasteiger partial charge < -0.3 is 53.9 Å². The monoisotopic (exact) mass is 1310 g/mol. The van der Waals surface area contributed by atoms with Crippen LogP contribution < -0.4 is 174 Å². The summed E-state index contributed by atoms with van der Waals surface area (Å²) in [6.07, 6.45) is -0.00677. The Hall–Kier alpha value is -4.69. The van der Waals surface area contributed by atoms with Gasteiger partial charge in [0.2, 0.25) is 5.91 Å². The van der Waals surface area contributed by atoms with Crippen LogP contribution in [0.3, 0.4) is 0 Å². The Bertz CT molecular complexity index is 4290. The third-order valence-corrected chi connectivity index (χ3v) is 12.4. The summed E-state index contributed by atoms with van der Waals surface area (Å²) < 4.78 is 146. The molecule has 8 aromatic carbocycles. The van der Waals surface area contributed by atoms with E-state index < -0.39 is 85.5 Å². The predicted octanol–water partition coefficient (Wildman–Crippen LogP) is -10.3. The number of amides is 5. The molecule has 0 aromatic heterocycles. The van der Waals surface area contributed by atoms with Crippen LogP contribution in [0.2, 0.25) is 0 Å². The second kappa shape index (κ2) is 38.0. The van der Waals surface area contributed by atoms with Crippen molar-refractivity contribution < 1.29 is 236 Å². The molecule has 25 nitrogen and oxygen atoms in total. The molecule has 5 amide bonds. The summed E-state index contributed by atoms with van der Waals surface area (Å²) in [7, 11) is -18.8. The third-order valence-electron chi connectivity index (χ3n) is 10.7. The van der Waals surface area contributed by atoms with E-state index in [9.17, 15) is 49.9 Å². The summed E-state index contributed by atoms with van der Waals surface area (Å²) in [4.78, 5) is 64.2. The standard InChI is InChI=1S/C51H36N5O11S2.5Na.3O3S/c1-30-27-40(68(62,63)64)29-36-5-4-8-44(47(30)36)56-51(61)35-17-23-38(24-18-35)53-48(58)32-11-9-31(10-12-32)28-46(57)52-37-19-13-33(14-20-37)49(59)54-39-21-15-34(16-22-39)50(60)55-43-25-26-45(69(65,66)67)42-7-3-2-6-41(42)43;;;;;;3*1-4(2)3/h2,4,7-27,29H,28H2,1H3,(H,52,57)(H,53,58)(H,54,59)(H,55,60)(H,56,61)(H,62,63,64)(H,65,66,67);;;;;;;;/q-3;5*+1;;;/p-2. The molecule has 0 unspecified atom stereocenters. The van der Waals surface area contributed by atoms with Crippen LogP contribution in [0.25, 0.3) is 21.5 Å². The van der Waals surface area contributed by atoms with Gasteiger partial charge in [0.1, 0.15) is 20.2 Å². The van der Waals surface area contributed by atoms with E-state index in [4.69, 9.17) is 37.9 Å². The molecule has 0 bridgehead atoms. The molecule has 8 aromatic rings. The van der Waals surface area contributed by atoms with Crippen LogP contribution in [-0.4, -0.2) is 93.4 Å². The van der Waals surface area contributed by atoms with E-state index in [0.717, 1.165) is 6.07 Å². The number of carbonyl (C=O) groups is 5. The second-order valence-corrected chi connectivity index (χ2v) is 20.0. The summed E-state index contributed by atoms with van der Waals surface area (Å²) >= 11 is 0. The fourth-order valence-electron chi connectivity index (χ4n) is 7.31. The zero-order chi connectivity index (χ0) is 59.8. The quantitative estimate of drug-likeness (QED) is 0.0406. The van der Waals surface area contributed by atoms with Crippen molar-refractivity contribution in [2.45, 2.75) is 23.1 Å². The van der Waals surface area contributed by atoms with Crippen molar-refractivity contribution in [2.75, 3.05) is 26.6 Å². The topological polar surface area (TPSA) is 414 Å². The normalized spacial score (nSPS) is 9.99. The van der Waals surface area contributed by atoms with Crippen molar-refractivity contribution in [3.63, 3.8) is 0 Å². The SMILES string of the molecule is Cc1cc(S(=O)(=O)[O-])cc2[c-]ccc(NC(=O)c3ccc(NC(=O)c4ccc(CC(=O)Nc5ccc(C(=O)Nc6ccc(C(=O)Nc7ccc(S(=O)(=O)[O-])c8c[c-]c[c-]c78)cc6)cc5)cc4)cc3)c12.O=S(=O)=O.O=S(=O)=O.O=S(=O)=O.[Na+].[Na+].[Na+].[Na+].[Na+]. The molecular weight excluding hydrogens is 1280 g/mol. The Labute approximate surface area is 605 Å². The van der Waals surface area contributed by atoms with Crippen molar-refractivity contribution >= 4 is 132 Å². The minimum absolute atomic E-state index is 0. The van der Waals surface area contributed by atoms with Crippen molar-refractivity contribution in [1.82, 2.24) is 0 Å². The van der Waals surface area contributed by atoms with Crippen LogP contribution in [0, 0.1) is 25.1 Å². The molecule has 0 aliphatic carbocycles. The van der Waals surface area contributed by atoms with Gasteiger partial charge in [-0.1, -0.05) is 35.2 Å². The van der Waals surface area contributed by atoms with Gasteiger partial charge >= 0.3 is 180 Å². The Morgan fingerprint density at radius 2 is 0.872 bits per heavy atom. The van der Waals surface area contributed by atoms with Crippen LogP contribution >= 0.6 is 0 Å². The summed E-state index contributed by atoms with van der Waals surface area (Å²) in [5.41, 5.74) is 4.11. The number of hydrogen-bond acceptors (Lipinski definition) is 20. The molecule has 0 radical (unpaired) electrons. The molecule has 0 spiro atoms. The molecule has 0 heterocycles. The number of hydrogen-bond donors (Lipinski definition) is 5. The summed E-state index contributed by atoms with van der Waals surface area (Å²) in [5, 5.41) is 15.0. The van der Waals surface area contributed by atoms with Crippen LogP contribution in [0.5, 0.6) is 0 Å². The van der Waals surface area contributed by atoms with Gasteiger partial charge in [0.05, 0.1) is 6.42 Å². The number of rotatable bonds is 13. The Morgan fingerprint density at radius 1 is 0.477 bits per heavy atom. The minimum atomic E-state index is -4.78. The fourth-order valence-corrected chi connectivity index (χ4v) is 8.56. The number of fused-ring (bicyclic) bond motifs is 2. The van der Waals surface area contributed by atoms with Gasteiger partial charge in [0, 0.05) is 49.9 Å². The molecule has 0 fully saturated rings. The molecular formula is C51H34N5Na5O20S5. The first-order valence-corrected chi connectivity index (χ1v) is 27.9. The molecule has 0 atom stereocenters. The van der Waals surface area contributed by atoms with E-state index in [1.54, 1.807) is 61.5 Å². The summed E-state index contributed by atoms with van der Waals surface area (Å²) in [6.45, 7) is 1.63. The van der Waals surface area contributed by atoms with Gasteiger partial charge in [-0.15, -0.1) is 67.5 Å². The molecule has 35 heteroatoms. The maximum absolute atomic E-state index is 13.1. The Balaban J connectivity index is 0.00000389. The maximum atomic E-state index is 13.1. The van der Waals surface area contributed by atoms with Crippen molar-refractivity contribution in [2.24, 2.45) is 0 Å². The maximum Gasteiger partial charge on any atom is 1.00 e. The van der Waals surface area contributed by atoms with Crippen molar-refractivity contribution in [3.05, 3.63) is 197 Å². The zero-order valence-corrected chi connectivity index (χ0v) is 59.9. The molecule has 0 aliphatic heterocycles. The van der Waals surface area contributed by atoms with E-state index >= 15 is 0 Å². The first-order valence-electron chi connectivity index (χ1n) is 22.1. The first kappa shape index (κ1) is 81.3. The molecule has 0 saturated carbocycles. The van der Waals surface area contributed by atoms with Gasteiger partial charge in [-0.25, -0.2) is 27.6 Å². The predicted molar refractivity (Wildman–Crippen MR) is 284 cm³/mol. The number of nitrogens with one attached hydrogen (secondary N) is 5. The molecule has 418 valence electrons. The van der Waals surface area contributed by atoms with Crippen LogP contribution in [0.1, 0.15) is 52.6 Å².